The summed E-state index contributed by atoms with van der Waals surface area (Å²) in [5.74, 6) is 0.0717. The lowest BCUT2D eigenvalue weighted by Gasteiger charge is -2.07. The fraction of sp³-hybridized carbons (Fsp3) is 0.357. The number of amides is 1. The van der Waals surface area contributed by atoms with Crippen LogP contribution in [0.3, 0.4) is 0 Å². The van der Waals surface area contributed by atoms with E-state index in [4.69, 9.17) is 0 Å². The SMILES string of the molecule is Cc1cccc2c(CC(=O)NC(C)C)c[nH]c12. The van der Waals surface area contributed by atoms with Crippen LogP contribution in [0.1, 0.15) is 25.0 Å². The van der Waals surface area contributed by atoms with Gasteiger partial charge in [0.2, 0.25) is 5.91 Å². The van der Waals surface area contributed by atoms with Crippen molar-refractivity contribution in [3.8, 4) is 0 Å². The predicted molar refractivity (Wildman–Crippen MR) is 70.0 cm³/mol. The van der Waals surface area contributed by atoms with Gasteiger partial charge in [-0.1, -0.05) is 18.2 Å². The van der Waals surface area contributed by atoms with E-state index in [-0.39, 0.29) is 11.9 Å². The molecule has 1 amide bonds. The average Bonchev–Trinajstić information content (AvgIpc) is 2.62. The molecule has 2 aromatic rings. The van der Waals surface area contributed by atoms with E-state index in [1.807, 2.05) is 26.1 Å². The number of carbonyl (C=O) groups is 1. The molecule has 0 unspecified atom stereocenters. The summed E-state index contributed by atoms with van der Waals surface area (Å²) in [7, 11) is 0. The molecular weight excluding hydrogens is 212 g/mol. The summed E-state index contributed by atoms with van der Waals surface area (Å²) in [6, 6.07) is 6.33. The number of fused-ring (bicyclic) bond motifs is 1. The fourth-order valence-electron chi connectivity index (χ4n) is 2.06. The second-order valence-corrected chi connectivity index (χ2v) is 4.71. The van der Waals surface area contributed by atoms with Crippen LogP contribution in [-0.2, 0) is 11.2 Å². The zero-order chi connectivity index (χ0) is 12.4. The lowest BCUT2D eigenvalue weighted by Crippen LogP contribution is -2.31. The molecular formula is C14H18N2O. The van der Waals surface area contributed by atoms with Gasteiger partial charge in [0, 0.05) is 23.1 Å². The Bertz CT molecular complexity index is 540. The second-order valence-electron chi connectivity index (χ2n) is 4.71. The van der Waals surface area contributed by atoms with E-state index >= 15 is 0 Å². The Morgan fingerprint density at radius 1 is 1.41 bits per heavy atom. The van der Waals surface area contributed by atoms with Crippen LogP contribution < -0.4 is 5.32 Å². The third-order valence-electron chi connectivity index (χ3n) is 2.81. The van der Waals surface area contributed by atoms with Gasteiger partial charge in [-0.05, 0) is 31.9 Å². The number of hydrogen-bond donors (Lipinski definition) is 2. The zero-order valence-corrected chi connectivity index (χ0v) is 10.5. The molecule has 3 heteroatoms. The van der Waals surface area contributed by atoms with Crippen molar-refractivity contribution < 1.29 is 4.79 Å². The smallest absolute Gasteiger partial charge is 0.224 e. The van der Waals surface area contributed by atoms with Gasteiger partial charge >= 0.3 is 0 Å². The minimum atomic E-state index is 0.0717. The highest BCUT2D eigenvalue weighted by molar-refractivity contribution is 5.90. The lowest BCUT2D eigenvalue weighted by atomic mass is 10.1. The minimum absolute atomic E-state index is 0.0717. The highest BCUT2D eigenvalue weighted by atomic mass is 16.1. The van der Waals surface area contributed by atoms with Crippen molar-refractivity contribution in [3.63, 3.8) is 0 Å². The van der Waals surface area contributed by atoms with Gasteiger partial charge in [0.1, 0.15) is 0 Å². The Labute approximate surface area is 101 Å². The van der Waals surface area contributed by atoms with Crippen molar-refractivity contribution >= 4 is 16.8 Å². The molecule has 90 valence electrons. The standard InChI is InChI=1S/C14H18N2O/c1-9(2)16-13(17)7-11-8-15-14-10(3)5-4-6-12(11)14/h4-6,8-9,15H,7H2,1-3H3,(H,16,17). The molecule has 0 fully saturated rings. The van der Waals surface area contributed by atoms with Crippen molar-refractivity contribution in [2.75, 3.05) is 0 Å². The van der Waals surface area contributed by atoms with Gasteiger partial charge in [-0.15, -0.1) is 0 Å². The first-order valence-electron chi connectivity index (χ1n) is 5.93. The quantitative estimate of drug-likeness (QED) is 0.836. The number of H-pyrrole nitrogens is 1. The number of carbonyl (C=O) groups excluding carboxylic acids is 1. The number of para-hydroxylation sites is 1. The molecule has 0 saturated heterocycles. The summed E-state index contributed by atoms with van der Waals surface area (Å²) in [6.07, 6.45) is 2.36. The molecule has 17 heavy (non-hydrogen) atoms. The number of benzene rings is 1. The molecule has 2 N–H and O–H groups in total. The summed E-state index contributed by atoms with van der Waals surface area (Å²) in [5, 5.41) is 4.05. The third kappa shape index (κ3) is 2.49. The van der Waals surface area contributed by atoms with E-state index in [1.54, 1.807) is 0 Å². The summed E-state index contributed by atoms with van der Waals surface area (Å²) in [6.45, 7) is 6.01. The first-order chi connectivity index (χ1) is 8.08. The van der Waals surface area contributed by atoms with Crippen molar-refractivity contribution in [2.24, 2.45) is 0 Å². The zero-order valence-electron chi connectivity index (χ0n) is 10.5. The minimum Gasteiger partial charge on any atom is -0.361 e. The predicted octanol–water partition coefficient (Wildman–Crippen LogP) is 2.54. The number of aromatic nitrogens is 1. The first kappa shape index (κ1) is 11.7. The lowest BCUT2D eigenvalue weighted by molar-refractivity contribution is -0.120. The summed E-state index contributed by atoms with van der Waals surface area (Å²) >= 11 is 0. The van der Waals surface area contributed by atoms with Gasteiger partial charge in [0.15, 0.2) is 0 Å². The van der Waals surface area contributed by atoms with Crippen LogP contribution in [0.5, 0.6) is 0 Å². The Balaban J connectivity index is 2.25. The molecule has 0 aliphatic heterocycles. The molecule has 0 atom stereocenters. The number of hydrogen-bond acceptors (Lipinski definition) is 1. The Kier molecular flexibility index (Phi) is 3.18. The molecule has 1 aromatic heterocycles. The second kappa shape index (κ2) is 4.62. The van der Waals surface area contributed by atoms with Crippen LogP contribution in [0.25, 0.3) is 10.9 Å². The van der Waals surface area contributed by atoms with Crippen molar-refractivity contribution in [1.82, 2.24) is 10.3 Å². The van der Waals surface area contributed by atoms with Crippen molar-refractivity contribution in [2.45, 2.75) is 33.2 Å². The van der Waals surface area contributed by atoms with Crippen LogP contribution in [0.15, 0.2) is 24.4 Å². The van der Waals surface area contributed by atoms with Crippen molar-refractivity contribution in [3.05, 3.63) is 35.5 Å². The number of rotatable bonds is 3. The van der Waals surface area contributed by atoms with E-state index < -0.39 is 0 Å². The average molecular weight is 230 g/mol. The van der Waals surface area contributed by atoms with Crippen LogP contribution in [0.2, 0.25) is 0 Å². The Morgan fingerprint density at radius 3 is 2.88 bits per heavy atom. The van der Waals surface area contributed by atoms with Crippen LogP contribution in [-0.4, -0.2) is 16.9 Å². The molecule has 0 saturated carbocycles. The maximum Gasteiger partial charge on any atom is 0.224 e. The molecule has 0 aliphatic rings. The molecule has 0 spiro atoms. The fourth-order valence-corrected chi connectivity index (χ4v) is 2.06. The van der Waals surface area contributed by atoms with Gasteiger partial charge in [-0.2, -0.15) is 0 Å². The van der Waals surface area contributed by atoms with E-state index in [1.165, 1.54) is 5.56 Å². The monoisotopic (exact) mass is 230 g/mol. The molecule has 0 aliphatic carbocycles. The highest BCUT2D eigenvalue weighted by Crippen LogP contribution is 2.21. The van der Waals surface area contributed by atoms with Crippen LogP contribution >= 0.6 is 0 Å². The van der Waals surface area contributed by atoms with E-state index in [2.05, 4.69) is 29.4 Å². The normalized spacial score (nSPS) is 11.1. The van der Waals surface area contributed by atoms with E-state index in [0.717, 1.165) is 16.5 Å². The topological polar surface area (TPSA) is 44.9 Å². The highest BCUT2D eigenvalue weighted by Gasteiger charge is 2.10. The van der Waals surface area contributed by atoms with Gasteiger partial charge in [0.05, 0.1) is 6.42 Å². The summed E-state index contributed by atoms with van der Waals surface area (Å²) in [4.78, 5) is 15.0. The van der Waals surface area contributed by atoms with Gasteiger partial charge in [0.25, 0.3) is 0 Å². The molecule has 0 bridgehead atoms. The maximum absolute atomic E-state index is 11.7. The summed E-state index contributed by atoms with van der Waals surface area (Å²) < 4.78 is 0. The molecule has 0 radical (unpaired) electrons. The third-order valence-corrected chi connectivity index (χ3v) is 2.81. The summed E-state index contributed by atoms with van der Waals surface area (Å²) in [5.41, 5.74) is 3.39. The first-order valence-corrected chi connectivity index (χ1v) is 5.93. The largest absolute Gasteiger partial charge is 0.361 e. The molecule has 3 nitrogen and oxygen atoms in total. The molecule has 2 rings (SSSR count). The molecule has 1 heterocycles. The Morgan fingerprint density at radius 2 is 2.18 bits per heavy atom. The number of aromatic amines is 1. The van der Waals surface area contributed by atoms with Gasteiger partial charge < -0.3 is 10.3 Å². The maximum atomic E-state index is 11.7. The number of nitrogens with one attached hydrogen (secondary N) is 2. The van der Waals surface area contributed by atoms with E-state index in [9.17, 15) is 4.79 Å². The molecule has 1 aromatic carbocycles. The van der Waals surface area contributed by atoms with Crippen LogP contribution in [0.4, 0.5) is 0 Å². The van der Waals surface area contributed by atoms with Gasteiger partial charge in [-0.25, -0.2) is 0 Å². The van der Waals surface area contributed by atoms with Gasteiger partial charge in [-0.3, -0.25) is 4.79 Å². The van der Waals surface area contributed by atoms with Crippen LogP contribution in [0, 0.1) is 6.92 Å². The van der Waals surface area contributed by atoms with Crippen molar-refractivity contribution in [1.29, 1.82) is 0 Å². The Hall–Kier alpha value is -1.77. The number of aryl methyl sites for hydroxylation is 1. The van der Waals surface area contributed by atoms with E-state index in [0.29, 0.717) is 6.42 Å².